The highest BCUT2D eigenvalue weighted by Crippen LogP contribution is 2.23. The van der Waals surface area contributed by atoms with Gasteiger partial charge in [-0.1, -0.05) is 0 Å². The van der Waals surface area contributed by atoms with Crippen LogP contribution in [0.2, 0.25) is 0 Å². The highest BCUT2D eigenvalue weighted by Gasteiger charge is 2.15. The number of aryl methyl sites for hydroxylation is 1. The molecule has 3 N–H and O–H groups in total. The molecule has 5 nitrogen and oxygen atoms in total. The zero-order valence-electron chi connectivity index (χ0n) is 12.0. The summed E-state index contributed by atoms with van der Waals surface area (Å²) in [6, 6.07) is 11.3. The van der Waals surface area contributed by atoms with E-state index in [0.717, 1.165) is 5.56 Å². The normalized spacial score (nSPS) is 11.1. The second-order valence-corrected chi connectivity index (χ2v) is 6.27. The first-order valence-electron chi connectivity index (χ1n) is 6.54. The molecule has 0 aliphatic carbocycles. The number of nitrogens with two attached hydrogens (primary N) is 1. The molecule has 0 fully saturated rings. The summed E-state index contributed by atoms with van der Waals surface area (Å²) in [5, 5.41) is 0. The van der Waals surface area contributed by atoms with E-state index in [-0.39, 0.29) is 4.90 Å². The molecule has 0 aliphatic heterocycles. The number of benzene rings is 2. The number of anilines is 2. The van der Waals surface area contributed by atoms with Gasteiger partial charge in [-0.2, -0.15) is 0 Å². The van der Waals surface area contributed by atoms with Crippen molar-refractivity contribution >= 4 is 21.4 Å². The van der Waals surface area contributed by atoms with E-state index in [0.29, 0.717) is 23.7 Å². The van der Waals surface area contributed by atoms with Crippen LogP contribution in [-0.4, -0.2) is 15.0 Å². The van der Waals surface area contributed by atoms with Gasteiger partial charge in [-0.05, 0) is 61.9 Å². The maximum absolute atomic E-state index is 12.3. The van der Waals surface area contributed by atoms with Crippen molar-refractivity contribution in [1.82, 2.24) is 0 Å². The molecule has 2 rings (SSSR count). The van der Waals surface area contributed by atoms with Gasteiger partial charge in [-0.25, -0.2) is 8.42 Å². The van der Waals surface area contributed by atoms with Crippen LogP contribution in [0.4, 0.5) is 11.4 Å². The van der Waals surface area contributed by atoms with E-state index in [1.807, 2.05) is 13.8 Å². The van der Waals surface area contributed by atoms with Gasteiger partial charge in [0.1, 0.15) is 5.75 Å². The minimum absolute atomic E-state index is 0.195. The van der Waals surface area contributed by atoms with E-state index in [9.17, 15) is 8.42 Å². The van der Waals surface area contributed by atoms with E-state index in [1.54, 1.807) is 36.4 Å². The molecule has 0 saturated carbocycles. The van der Waals surface area contributed by atoms with E-state index in [4.69, 9.17) is 10.5 Å². The zero-order valence-corrected chi connectivity index (χ0v) is 12.8. The molecule has 0 unspecified atom stereocenters. The summed E-state index contributed by atoms with van der Waals surface area (Å²) in [6.45, 7) is 4.23. The second-order valence-electron chi connectivity index (χ2n) is 4.59. The number of rotatable bonds is 5. The molecule has 0 aliphatic rings. The summed E-state index contributed by atoms with van der Waals surface area (Å²) < 4.78 is 32.6. The molecule has 0 radical (unpaired) electrons. The summed E-state index contributed by atoms with van der Waals surface area (Å²) in [5.74, 6) is 0.684. The minimum Gasteiger partial charge on any atom is -0.494 e. The summed E-state index contributed by atoms with van der Waals surface area (Å²) in [7, 11) is -3.63. The Morgan fingerprint density at radius 1 is 1.14 bits per heavy atom. The molecule has 112 valence electrons. The Balaban J connectivity index is 2.27. The van der Waals surface area contributed by atoms with Crippen LogP contribution in [-0.2, 0) is 10.0 Å². The van der Waals surface area contributed by atoms with Gasteiger partial charge in [0.2, 0.25) is 0 Å². The van der Waals surface area contributed by atoms with Crippen LogP contribution >= 0.6 is 0 Å². The standard InChI is InChI=1S/C15H18N2O3S/c1-3-20-15-9-8-14(10-11(15)2)21(18,19)17-13-6-4-12(16)5-7-13/h4-10,17H,3,16H2,1-2H3. The predicted molar refractivity (Wildman–Crippen MR) is 84.0 cm³/mol. The molecule has 0 bridgehead atoms. The lowest BCUT2D eigenvalue weighted by atomic mass is 10.2. The Hall–Kier alpha value is -2.21. The lowest BCUT2D eigenvalue weighted by molar-refractivity contribution is 0.337. The zero-order chi connectivity index (χ0) is 15.5. The highest BCUT2D eigenvalue weighted by molar-refractivity contribution is 7.92. The number of nitrogen functional groups attached to an aromatic ring is 1. The molecular formula is C15H18N2O3S. The lowest BCUT2D eigenvalue weighted by Gasteiger charge is -2.11. The first-order valence-corrected chi connectivity index (χ1v) is 8.02. The van der Waals surface area contributed by atoms with Gasteiger partial charge >= 0.3 is 0 Å². The number of hydrogen-bond acceptors (Lipinski definition) is 4. The summed E-state index contributed by atoms with van der Waals surface area (Å²) in [5.41, 5.74) is 7.40. The molecule has 0 atom stereocenters. The summed E-state index contributed by atoms with van der Waals surface area (Å²) in [4.78, 5) is 0.195. The maximum atomic E-state index is 12.3. The van der Waals surface area contributed by atoms with Crippen molar-refractivity contribution in [3.8, 4) is 5.75 Å². The van der Waals surface area contributed by atoms with Crippen LogP contribution in [0.15, 0.2) is 47.4 Å². The summed E-state index contributed by atoms with van der Waals surface area (Å²) >= 11 is 0. The van der Waals surface area contributed by atoms with Crippen LogP contribution in [0.5, 0.6) is 5.75 Å². The van der Waals surface area contributed by atoms with E-state index >= 15 is 0 Å². The smallest absolute Gasteiger partial charge is 0.261 e. The average Bonchev–Trinajstić information content (AvgIpc) is 2.43. The summed E-state index contributed by atoms with van der Waals surface area (Å²) in [6.07, 6.45) is 0. The van der Waals surface area contributed by atoms with Crippen LogP contribution < -0.4 is 15.2 Å². The second kappa shape index (κ2) is 6.05. The van der Waals surface area contributed by atoms with Gasteiger partial charge in [-0.15, -0.1) is 0 Å². The fourth-order valence-corrected chi connectivity index (χ4v) is 3.02. The Morgan fingerprint density at radius 2 is 1.81 bits per heavy atom. The first-order chi connectivity index (χ1) is 9.92. The van der Waals surface area contributed by atoms with Gasteiger partial charge in [0.15, 0.2) is 0 Å². The van der Waals surface area contributed by atoms with Crippen molar-refractivity contribution in [2.75, 3.05) is 17.1 Å². The SMILES string of the molecule is CCOc1ccc(S(=O)(=O)Nc2ccc(N)cc2)cc1C. The molecule has 0 aromatic heterocycles. The van der Waals surface area contributed by atoms with E-state index in [2.05, 4.69) is 4.72 Å². The van der Waals surface area contributed by atoms with Crippen molar-refractivity contribution in [3.63, 3.8) is 0 Å². The largest absolute Gasteiger partial charge is 0.494 e. The number of nitrogens with one attached hydrogen (secondary N) is 1. The minimum atomic E-state index is -3.63. The monoisotopic (exact) mass is 306 g/mol. The molecule has 2 aromatic rings. The fraction of sp³-hybridized carbons (Fsp3) is 0.200. The fourth-order valence-electron chi connectivity index (χ4n) is 1.87. The predicted octanol–water partition coefficient (Wildman–Crippen LogP) is 2.78. The third kappa shape index (κ3) is 3.66. The average molecular weight is 306 g/mol. The van der Waals surface area contributed by atoms with Crippen LogP contribution in [0.3, 0.4) is 0 Å². The molecular weight excluding hydrogens is 288 g/mol. The quantitative estimate of drug-likeness (QED) is 0.832. The van der Waals surface area contributed by atoms with Gasteiger partial charge < -0.3 is 10.5 Å². The Morgan fingerprint density at radius 3 is 2.38 bits per heavy atom. The number of ether oxygens (including phenoxy) is 1. The third-order valence-electron chi connectivity index (χ3n) is 2.92. The van der Waals surface area contributed by atoms with E-state index < -0.39 is 10.0 Å². The Bertz CT molecular complexity index is 725. The molecule has 0 amide bonds. The van der Waals surface area contributed by atoms with E-state index in [1.165, 1.54) is 6.07 Å². The molecule has 2 aromatic carbocycles. The number of hydrogen-bond donors (Lipinski definition) is 2. The van der Waals surface area contributed by atoms with Gasteiger partial charge in [0.25, 0.3) is 10.0 Å². The molecule has 21 heavy (non-hydrogen) atoms. The van der Waals surface area contributed by atoms with Crippen molar-refractivity contribution in [3.05, 3.63) is 48.0 Å². The van der Waals surface area contributed by atoms with Crippen LogP contribution in [0, 0.1) is 6.92 Å². The first kappa shape index (κ1) is 15.2. The van der Waals surface area contributed by atoms with Gasteiger partial charge in [0.05, 0.1) is 11.5 Å². The van der Waals surface area contributed by atoms with Crippen molar-refractivity contribution in [1.29, 1.82) is 0 Å². The topological polar surface area (TPSA) is 81.4 Å². The lowest BCUT2D eigenvalue weighted by Crippen LogP contribution is -2.13. The maximum Gasteiger partial charge on any atom is 0.261 e. The Kier molecular flexibility index (Phi) is 4.37. The molecule has 0 heterocycles. The van der Waals surface area contributed by atoms with Gasteiger partial charge in [-0.3, -0.25) is 4.72 Å². The van der Waals surface area contributed by atoms with Crippen molar-refractivity contribution in [2.45, 2.75) is 18.7 Å². The highest BCUT2D eigenvalue weighted by atomic mass is 32.2. The van der Waals surface area contributed by atoms with Crippen LogP contribution in [0.25, 0.3) is 0 Å². The van der Waals surface area contributed by atoms with Crippen molar-refractivity contribution < 1.29 is 13.2 Å². The van der Waals surface area contributed by atoms with Crippen molar-refractivity contribution in [2.24, 2.45) is 0 Å². The molecule has 0 spiro atoms. The van der Waals surface area contributed by atoms with Crippen LogP contribution in [0.1, 0.15) is 12.5 Å². The van der Waals surface area contributed by atoms with Gasteiger partial charge in [0, 0.05) is 11.4 Å². The molecule has 6 heteroatoms. The Labute approximate surface area is 124 Å². The molecule has 0 saturated heterocycles. The number of sulfonamides is 1. The third-order valence-corrected chi connectivity index (χ3v) is 4.30.